The lowest BCUT2D eigenvalue weighted by Gasteiger charge is -2.08. The molecule has 2 aromatic carbocycles. The van der Waals surface area contributed by atoms with Crippen LogP contribution in [0.2, 0.25) is 0 Å². The molecule has 5 nitrogen and oxygen atoms in total. The van der Waals surface area contributed by atoms with Crippen LogP contribution in [-0.2, 0) is 0 Å². The predicted octanol–water partition coefficient (Wildman–Crippen LogP) is 3.07. The van der Waals surface area contributed by atoms with Crippen LogP contribution in [0.4, 0.5) is 0 Å². The van der Waals surface area contributed by atoms with E-state index in [1.807, 2.05) is 6.92 Å². The Morgan fingerprint density at radius 3 is 2.48 bits per heavy atom. The lowest BCUT2D eigenvalue weighted by Crippen LogP contribution is -2.11. The van der Waals surface area contributed by atoms with Crippen molar-refractivity contribution >= 4 is 21.9 Å². The normalized spacial score (nSPS) is 11.0. The van der Waals surface area contributed by atoms with Crippen molar-refractivity contribution in [2.75, 3.05) is 19.8 Å². The fourth-order valence-corrected chi connectivity index (χ4v) is 2.39. The molecule has 1 aromatic heterocycles. The average Bonchev–Trinajstić information content (AvgIpc) is 2.58. The third-order valence-electron chi connectivity index (χ3n) is 3.47. The number of hydrogen-bond acceptors (Lipinski definition) is 5. The van der Waals surface area contributed by atoms with E-state index in [1.54, 1.807) is 36.4 Å². The minimum atomic E-state index is -0.0820. The fourth-order valence-electron chi connectivity index (χ4n) is 2.39. The highest BCUT2D eigenvalue weighted by atomic mass is 16.5. The molecule has 0 unspecified atom stereocenters. The van der Waals surface area contributed by atoms with Gasteiger partial charge in [-0.15, -0.1) is 0 Å². The van der Waals surface area contributed by atoms with E-state index in [4.69, 9.17) is 19.6 Å². The molecule has 3 rings (SSSR count). The summed E-state index contributed by atoms with van der Waals surface area (Å²) in [7, 11) is 0. The van der Waals surface area contributed by atoms with E-state index >= 15 is 0 Å². The molecule has 0 bridgehead atoms. The molecule has 3 aromatic rings. The van der Waals surface area contributed by atoms with Gasteiger partial charge in [0.25, 0.3) is 0 Å². The summed E-state index contributed by atoms with van der Waals surface area (Å²) in [6.45, 7) is 3.50. The first kappa shape index (κ1) is 15.4. The Labute approximate surface area is 133 Å². The van der Waals surface area contributed by atoms with E-state index in [1.165, 1.54) is 0 Å². The van der Waals surface area contributed by atoms with Gasteiger partial charge in [0.15, 0.2) is 0 Å². The average molecular weight is 313 g/mol. The molecule has 0 fully saturated rings. The Hall–Kier alpha value is -2.53. The maximum Gasteiger partial charge on any atom is 0.200 e. The molecule has 120 valence electrons. The Morgan fingerprint density at radius 1 is 0.957 bits per heavy atom. The van der Waals surface area contributed by atoms with E-state index in [-0.39, 0.29) is 5.43 Å². The van der Waals surface area contributed by atoms with Crippen LogP contribution in [0.25, 0.3) is 21.9 Å². The molecule has 5 heteroatoms. The number of benzene rings is 2. The van der Waals surface area contributed by atoms with Gasteiger partial charge in [-0.3, -0.25) is 4.79 Å². The molecule has 0 amide bonds. The molecule has 23 heavy (non-hydrogen) atoms. The quantitative estimate of drug-likeness (QED) is 0.708. The van der Waals surface area contributed by atoms with E-state index in [9.17, 15) is 4.79 Å². The number of rotatable bonds is 6. The second-order valence-corrected chi connectivity index (χ2v) is 5.23. The van der Waals surface area contributed by atoms with Crippen molar-refractivity contribution < 1.29 is 13.9 Å². The van der Waals surface area contributed by atoms with Crippen molar-refractivity contribution in [1.82, 2.24) is 0 Å². The SMILES string of the molecule is CCCOc1ccc2c(=O)c3cc(OCCN)ccc3oc2c1. The Bertz CT molecular complexity index is 885. The highest BCUT2D eigenvalue weighted by Crippen LogP contribution is 2.25. The van der Waals surface area contributed by atoms with Gasteiger partial charge in [-0.05, 0) is 36.8 Å². The van der Waals surface area contributed by atoms with Gasteiger partial charge in [0.1, 0.15) is 29.3 Å². The number of nitrogens with two attached hydrogens (primary N) is 1. The van der Waals surface area contributed by atoms with Crippen molar-refractivity contribution in [3.05, 3.63) is 46.6 Å². The predicted molar refractivity (Wildman–Crippen MR) is 90.3 cm³/mol. The maximum absolute atomic E-state index is 12.7. The Kier molecular flexibility index (Phi) is 4.48. The third-order valence-corrected chi connectivity index (χ3v) is 3.47. The first-order valence-corrected chi connectivity index (χ1v) is 7.69. The highest BCUT2D eigenvalue weighted by Gasteiger charge is 2.10. The van der Waals surface area contributed by atoms with Crippen LogP contribution in [0.5, 0.6) is 11.5 Å². The summed E-state index contributed by atoms with van der Waals surface area (Å²) < 4.78 is 16.9. The van der Waals surface area contributed by atoms with E-state index in [0.717, 1.165) is 6.42 Å². The minimum Gasteiger partial charge on any atom is -0.493 e. The van der Waals surface area contributed by atoms with Crippen LogP contribution in [-0.4, -0.2) is 19.8 Å². The Morgan fingerprint density at radius 2 is 1.70 bits per heavy atom. The zero-order valence-corrected chi connectivity index (χ0v) is 13.0. The monoisotopic (exact) mass is 313 g/mol. The summed E-state index contributed by atoms with van der Waals surface area (Å²) in [4.78, 5) is 12.7. The van der Waals surface area contributed by atoms with Gasteiger partial charge in [0.2, 0.25) is 5.43 Å². The van der Waals surface area contributed by atoms with E-state index < -0.39 is 0 Å². The number of hydrogen-bond donors (Lipinski definition) is 1. The summed E-state index contributed by atoms with van der Waals surface area (Å²) in [5, 5.41) is 1.02. The minimum absolute atomic E-state index is 0.0820. The standard InChI is InChI=1S/C18H19NO4/c1-2-8-21-13-3-5-14-17(11-13)23-16-6-4-12(22-9-7-19)10-15(16)18(14)20/h3-6,10-11H,2,7-9,19H2,1H3. The van der Waals surface area contributed by atoms with Gasteiger partial charge in [-0.2, -0.15) is 0 Å². The van der Waals surface area contributed by atoms with Crippen molar-refractivity contribution in [3.8, 4) is 11.5 Å². The van der Waals surface area contributed by atoms with Crippen LogP contribution in [0.3, 0.4) is 0 Å². The van der Waals surface area contributed by atoms with Crippen LogP contribution in [0.15, 0.2) is 45.6 Å². The largest absolute Gasteiger partial charge is 0.493 e. The van der Waals surface area contributed by atoms with E-state index in [2.05, 4.69) is 0 Å². The second kappa shape index (κ2) is 6.71. The molecule has 0 radical (unpaired) electrons. The van der Waals surface area contributed by atoms with Gasteiger partial charge in [0.05, 0.1) is 17.4 Å². The molecule has 2 N–H and O–H groups in total. The van der Waals surface area contributed by atoms with Crippen LogP contribution < -0.4 is 20.6 Å². The molecule has 0 saturated carbocycles. The van der Waals surface area contributed by atoms with Crippen molar-refractivity contribution in [1.29, 1.82) is 0 Å². The maximum atomic E-state index is 12.7. The summed E-state index contributed by atoms with van der Waals surface area (Å²) >= 11 is 0. The van der Waals surface area contributed by atoms with Gasteiger partial charge in [-0.25, -0.2) is 0 Å². The third kappa shape index (κ3) is 3.14. The molecule has 0 saturated heterocycles. The fraction of sp³-hybridized carbons (Fsp3) is 0.278. The lowest BCUT2D eigenvalue weighted by atomic mass is 10.1. The molecule has 0 atom stereocenters. The van der Waals surface area contributed by atoms with Gasteiger partial charge < -0.3 is 19.6 Å². The first-order chi connectivity index (χ1) is 11.2. The van der Waals surface area contributed by atoms with Crippen molar-refractivity contribution in [3.63, 3.8) is 0 Å². The van der Waals surface area contributed by atoms with Crippen LogP contribution in [0.1, 0.15) is 13.3 Å². The summed E-state index contributed by atoms with van der Waals surface area (Å²) in [5.74, 6) is 1.31. The zero-order valence-electron chi connectivity index (χ0n) is 13.0. The van der Waals surface area contributed by atoms with E-state index in [0.29, 0.717) is 53.2 Å². The number of fused-ring (bicyclic) bond motifs is 2. The molecular formula is C18H19NO4. The number of ether oxygens (including phenoxy) is 2. The molecular weight excluding hydrogens is 294 g/mol. The first-order valence-electron chi connectivity index (χ1n) is 7.69. The van der Waals surface area contributed by atoms with Crippen LogP contribution >= 0.6 is 0 Å². The molecule has 0 aliphatic rings. The lowest BCUT2D eigenvalue weighted by molar-refractivity contribution is 0.317. The topological polar surface area (TPSA) is 74.7 Å². The molecule has 0 aliphatic heterocycles. The Balaban J connectivity index is 2.08. The van der Waals surface area contributed by atoms with Gasteiger partial charge >= 0.3 is 0 Å². The second-order valence-electron chi connectivity index (χ2n) is 5.23. The zero-order chi connectivity index (χ0) is 16.2. The summed E-state index contributed by atoms with van der Waals surface area (Å²) in [6.07, 6.45) is 0.922. The van der Waals surface area contributed by atoms with Gasteiger partial charge in [-0.1, -0.05) is 6.92 Å². The summed E-state index contributed by atoms with van der Waals surface area (Å²) in [5.41, 5.74) is 6.39. The molecule has 0 spiro atoms. The molecule has 0 aliphatic carbocycles. The smallest absolute Gasteiger partial charge is 0.200 e. The van der Waals surface area contributed by atoms with Crippen molar-refractivity contribution in [2.45, 2.75) is 13.3 Å². The van der Waals surface area contributed by atoms with Crippen molar-refractivity contribution in [2.24, 2.45) is 5.73 Å². The summed E-state index contributed by atoms with van der Waals surface area (Å²) in [6, 6.07) is 10.5. The van der Waals surface area contributed by atoms with Crippen LogP contribution in [0, 0.1) is 0 Å². The van der Waals surface area contributed by atoms with Gasteiger partial charge in [0, 0.05) is 12.6 Å². The molecule has 1 heterocycles. The highest BCUT2D eigenvalue weighted by molar-refractivity contribution is 5.90.